The van der Waals surface area contributed by atoms with Crippen LogP contribution in [-0.4, -0.2) is 28.5 Å². The molecule has 104 valence electrons. The first-order valence-corrected chi connectivity index (χ1v) is 7.12. The van der Waals surface area contributed by atoms with E-state index in [0.717, 1.165) is 30.0 Å². The van der Waals surface area contributed by atoms with E-state index in [1.165, 1.54) is 0 Å². The van der Waals surface area contributed by atoms with Gasteiger partial charge in [0.2, 0.25) is 0 Å². The van der Waals surface area contributed by atoms with Crippen LogP contribution in [0.2, 0.25) is 0 Å². The SMILES string of the molecule is O=C[C@@]1(S)C[C@@H]1CCNC(=O)c1cc2ccccc2[nH]1. The van der Waals surface area contributed by atoms with Crippen molar-refractivity contribution in [3.8, 4) is 0 Å². The van der Waals surface area contributed by atoms with Gasteiger partial charge in [0.25, 0.3) is 5.91 Å². The standard InChI is InChI=1S/C15H16N2O2S/c18-9-15(20)8-11(15)5-6-16-14(19)13-7-10-3-1-2-4-12(10)17-13/h1-4,7,9,11,17,20H,5-6,8H2,(H,16,19)/t11-,15-/m0/s1. The van der Waals surface area contributed by atoms with E-state index in [4.69, 9.17) is 0 Å². The molecular formula is C15H16N2O2S. The number of carbonyl (C=O) groups is 2. The first kappa shape index (κ1) is 13.2. The van der Waals surface area contributed by atoms with E-state index in [9.17, 15) is 9.59 Å². The lowest BCUT2D eigenvalue weighted by molar-refractivity contribution is -0.108. The van der Waals surface area contributed by atoms with Crippen LogP contribution in [0.1, 0.15) is 23.3 Å². The Morgan fingerprint density at radius 1 is 1.50 bits per heavy atom. The summed E-state index contributed by atoms with van der Waals surface area (Å²) in [6.45, 7) is 0.564. The Morgan fingerprint density at radius 2 is 2.30 bits per heavy atom. The molecule has 0 saturated heterocycles. The lowest BCUT2D eigenvalue weighted by Crippen LogP contribution is -2.25. The van der Waals surface area contributed by atoms with E-state index >= 15 is 0 Å². The van der Waals surface area contributed by atoms with Gasteiger partial charge in [0.15, 0.2) is 0 Å². The number of H-pyrrole nitrogens is 1. The van der Waals surface area contributed by atoms with Gasteiger partial charge in [0, 0.05) is 17.4 Å². The van der Waals surface area contributed by atoms with E-state index in [0.29, 0.717) is 12.2 Å². The van der Waals surface area contributed by atoms with Crippen LogP contribution in [0.4, 0.5) is 0 Å². The first-order valence-electron chi connectivity index (χ1n) is 6.67. The molecule has 0 unspecified atom stereocenters. The topological polar surface area (TPSA) is 62.0 Å². The van der Waals surface area contributed by atoms with Crippen LogP contribution in [0.15, 0.2) is 30.3 Å². The molecule has 1 aliphatic rings. The molecule has 2 aromatic rings. The van der Waals surface area contributed by atoms with Gasteiger partial charge in [-0.05, 0) is 30.9 Å². The molecule has 3 rings (SSSR count). The molecule has 1 saturated carbocycles. The molecule has 20 heavy (non-hydrogen) atoms. The Bertz CT molecular complexity index is 634. The Kier molecular flexibility index (Phi) is 3.30. The predicted octanol–water partition coefficient (Wildman–Crippen LogP) is 2.18. The average molecular weight is 288 g/mol. The largest absolute Gasteiger partial charge is 0.351 e. The third-order valence-electron chi connectivity index (χ3n) is 3.88. The van der Waals surface area contributed by atoms with Crippen molar-refractivity contribution in [3.63, 3.8) is 0 Å². The van der Waals surface area contributed by atoms with Crippen LogP contribution in [0.5, 0.6) is 0 Å². The molecule has 1 amide bonds. The Hall–Kier alpha value is -1.75. The van der Waals surface area contributed by atoms with Gasteiger partial charge in [-0.25, -0.2) is 0 Å². The molecular weight excluding hydrogens is 272 g/mol. The molecule has 1 aliphatic carbocycles. The summed E-state index contributed by atoms with van der Waals surface area (Å²) in [5.41, 5.74) is 1.52. The normalized spacial score (nSPS) is 24.6. The number of hydrogen-bond donors (Lipinski definition) is 3. The minimum Gasteiger partial charge on any atom is -0.351 e. The predicted molar refractivity (Wildman–Crippen MR) is 81.1 cm³/mol. The molecule has 4 nitrogen and oxygen atoms in total. The van der Waals surface area contributed by atoms with Crippen molar-refractivity contribution >= 4 is 35.7 Å². The van der Waals surface area contributed by atoms with Gasteiger partial charge in [-0.1, -0.05) is 18.2 Å². The van der Waals surface area contributed by atoms with Crippen LogP contribution in [0, 0.1) is 5.92 Å². The third kappa shape index (κ3) is 2.45. The Morgan fingerprint density at radius 3 is 3.00 bits per heavy atom. The second-order valence-corrected chi connectivity index (χ2v) is 6.16. The number of benzene rings is 1. The van der Waals surface area contributed by atoms with Gasteiger partial charge >= 0.3 is 0 Å². The summed E-state index contributed by atoms with van der Waals surface area (Å²) in [5.74, 6) is 0.170. The number of aromatic amines is 1. The number of carbonyl (C=O) groups excluding carboxylic acids is 2. The van der Waals surface area contributed by atoms with E-state index in [1.54, 1.807) is 0 Å². The van der Waals surface area contributed by atoms with Gasteiger partial charge in [-0.2, -0.15) is 12.6 Å². The van der Waals surface area contributed by atoms with E-state index < -0.39 is 4.75 Å². The van der Waals surface area contributed by atoms with Crippen molar-refractivity contribution in [1.82, 2.24) is 10.3 Å². The molecule has 1 fully saturated rings. The number of hydrogen-bond acceptors (Lipinski definition) is 3. The number of para-hydroxylation sites is 1. The maximum Gasteiger partial charge on any atom is 0.267 e. The van der Waals surface area contributed by atoms with Crippen molar-refractivity contribution in [2.45, 2.75) is 17.6 Å². The molecule has 5 heteroatoms. The smallest absolute Gasteiger partial charge is 0.267 e. The summed E-state index contributed by atoms with van der Waals surface area (Å²) in [6.07, 6.45) is 2.50. The van der Waals surface area contributed by atoms with Crippen molar-refractivity contribution in [3.05, 3.63) is 36.0 Å². The van der Waals surface area contributed by atoms with Crippen LogP contribution in [-0.2, 0) is 4.79 Å². The highest BCUT2D eigenvalue weighted by atomic mass is 32.1. The van der Waals surface area contributed by atoms with Crippen molar-refractivity contribution in [2.75, 3.05) is 6.54 Å². The van der Waals surface area contributed by atoms with E-state index in [-0.39, 0.29) is 11.8 Å². The van der Waals surface area contributed by atoms with Crippen LogP contribution in [0.25, 0.3) is 10.9 Å². The molecule has 1 aromatic heterocycles. The molecule has 2 N–H and O–H groups in total. The van der Waals surface area contributed by atoms with Crippen molar-refractivity contribution in [2.24, 2.45) is 5.92 Å². The summed E-state index contributed by atoms with van der Waals surface area (Å²) >= 11 is 4.30. The van der Waals surface area contributed by atoms with E-state index in [1.807, 2.05) is 30.3 Å². The number of fused-ring (bicyclic) bond motifs is 1. The molecule has 0 radical (unpaired) electrons. The Labute approximate surface area is 122 Å². The van der Waals surface area contributed by atoms with Crippen LogP contribution in [0.3, 0.4) is 0 Å². The van der Waals surface area contributed by atoms with Crippen molar-refractivity contribution in [1.29, 1.82) is 0 Å². The molecule has 0 spiro atoms. The zero-order valence-electron chi connectivity index (χ0n) is 10.9. The first-order chi connectivity index (χ1) is 9.62. The Balaban J connectivity index is 1.56. The lowest BCUT2D eigenvalue weighted by atomic mass is 10.2. The highest BCUT2D eigenvalue weighted by Crippen LogP contribution is 2.49. The van der Waals surface area contributed by atoms with Gasteiger partial charge in [0.1, 0.15) is 12.0 Å². The summed E-state index contributed by atoms with van der Waals surface area (Å²) in [4.78, 5) is 25.9. The highest BCUT2D eigenvalue weighted by Gasteiger charge is 2.50. The van der Waals surface area contributed by atoms with Crippen LogP contribution >= 0.6 is 12.6 Å². The quantitative estimate of drug-likeness (QED) is 0.583. The minimum absolute atomic E-state index is 0.113. The number of aromatic nitrogens is 1. The third-order valence-corrected chi connectivity index (χ3v) is 4.53. The van der Waals surface area contributed by atoms with Gasteiger partial charge < -0.3 is 15.1 Å². The highest BCUT2D eigenvalue weighted by molar-refractivity contribution is 7.83. The second kappa shape index (κ2) is 4.98. The number of rotatable bonds is 5. The van der Waals surface area contributed by atoms with Gasteiger partial charge in [0.05, 0.1) is 4.75 Å². The zero-order chi connectivity index (χ0) is 14.2. The fourth-order valence-corrected chi connectivity index (χ4v) is 2.83. The monoisotopic (exact) mass is 288 g/mol. The van der Waals surface area contributed by atoms with Gasteiger partial charge in [-0.3, -0.25) is 4.79 Å². The average Bonchev–Trinajstić information content (AvgIpc) is 2.93. The second-order valence-electron chi connectivity index (χ2n) is 5.32. The maximum atomic E-state index is 12.0. The number of amides is 1. The van der Waals surface area contributed by atoms with Crippen molar-refractivity contribution < 1.29 is 9.59 Å². The maximum absolute atomic E-state index is 12.0. The van der Waals surface area contributed by atoms with Gasteiger partial charge in [-0.15, -0.1) is 0 Å². The fraction of sp³-hybridized carbons (Fsp3) is 0.333. The summed E-state index contributed by atoms with van der Waals surface area (Å²) in [6, 6.07) is 9.62. The molecule has 1 aromatic carbocycles. The lowest BCUT2D eigenvalue weighted by Gasteiger charge is -2.04. The molecule has 0 aliphatic heterocycles. The summed E-state index contributed by atoms with van der Waals surface area (Å²) in [7, 11) is 0. The zero-order valence-corrected chi connectivity index (χ0v) is 11.8. The summed E-state index contributed by atoms with van der Waals surface area (Å²) < 4.78 is -0.453. The molecule has 2 atom stereocenters. The molecule has 0 bridgehead atoms. The molecule has 1 heterocycles. The number of nitrogens with one attached hydrogen (secondary N) is 2. The minimum atomic E-state index is -0.453. The summed E-state index contributed by atoms with van der Waals surface area (Å²) in [5, 5.41) is 3.90. The fourth-order valence-electron chi connectivity index (χ4n) is 2.48. The number of thiol groups is 1. The van der Waals surface area contributed by atoms with Crippen LogP contribution < -0.4 is 5.32 Å². The van der Waals surface area contributed by atoms with E-state index in [2.05, 4.69) is 22.9 Å². The number of aldehydes is 1.